The molecule has 1 unspecified atom stereocenters. The number of thiazole rings is 1. The van der Waals surface area contributed by atoms with Crippen molar-refractivity contribution >= 4 is 45.2 Å². The van der Waals surface area contributed by atoms with E-state index in [-0.39, 0.29) is 6.04 Å². The highest BCUT2D eigenvalue weighted by Gasteiger charge is 2.28. The van der Waals surface area contributed by atoms with Crippen LogP contribution in [-0.2, 0) is 4.74 Å². The summed E-state index contributed by atoms with van der Waals surface area (Å²) in [6, 6.07) is 5.52. The molecule has 2 N–H and O–H groups in total. The minimum Gasteiger partial charge on any atom is -0.493 e. The SMILES string of the molecule is COc1ccc(Nc2nc(N3CCC(NC(=O)OC(C)(C)C)C3)nc3scnc23)cc1OC. The number of carbonyl (C=O) groups is 1. The number of amides is 1. The summed E-state index contributed by atoms with van der Waals surface area (Å²) in [5.41, 5.74) is 2.70. The van der Waals surface area contributed by atoms with Gasteiger partial charge >= 0.3 is 6.09 Å². The minimum absolute atomic E-state index is 0.0390. The Bertz CT molecular complexity index is 1150. The fourth-order valence-corrected chi connectivity index (χ4v) is 4.22. The van der Waals surface area contributed by atoms with E-state index in [9.17, 15) is 4.79 Å². The van der Waals surface area contributed by atoms with Gasteiger partial charge in [-0.15, -0.1) is 11.3 Å². The lowest BCUT2D eigenvalue weighted by Gasteiger charge is -2.22. The summed E-state index contributed by atoms with van der Waals surface area (Å²) >= 11 is 1.45. The summed E-state index contributed by atoms with van der Waals surface area (Å²) in [7, 11) is 3.19. The summed E-state index contributed by atoms with van der Waals surface area (Å²) < 4.78 is 16.1. The van der Waals surface area contributed by atoms with Crippen LogP contribution in [0.15, 0.2) is 23.7 Å². The van der Waals surface area contributed by atoms with Crippen LogP contribution in [0.1, 0.15) is 27.2 Å². The average Bonchev–Trinajstić information content (AvgIpc) is 3.41. The summed E-state index contributed by atoms with van der Waals surface area (Å²) in [5, 5.41) is 6.27. The number of carbonyl (C=O) groups excluding carboxylic acids is 1. The molecule has 1 saturated heterocycles. The summed E-state index contributed by atoms with van der Waals surface area (Å²) in [6.07, 6.45) is 0.367. The third-order valence-electron chi connectivity index (χ3n) is 5.02. The molecule has 33 heavy (non-hydrogen) atoms. The third-order valence-corrected chi connectivity index (χ3v) is 5.74. The number of alkyl carbamates (subject to hydrolysis) is 1. The molecule has 1 fully saturated rings. The van der Waals surface area contributed by atoms with Gasteiger partial charge in [0.2, 0.25) is 5.95 Å². The van der Waals surface area contributed by atoms with Gasteiger partial charge in [-0.1, -0.05) is 0 Å². The van der Waals surface area contributed by atoms with E-state index in [4.69, 9.17) is 24.2 Å². The van der Waals surface area contributed by atoms with E-state index < -0.39 is 11.7 Å². The normalized spacial score (nSPS) is 16.0. The molecule has 1 atom stereocenters. The number of ether oxygens (including phenoxy) is 3. The zero-order valence-electron chi connectivity index (χ0n) is 19.3. The predicted octanol–water partition coefficient (Wildman–Crippen LogP) is 3.95. The Morgan fingerprint density at radius 2 is 1.97 bits per heavy atom. The van der Waals surface area contributed by atoms with E-state index in [0.717, 1.165) is 23.5 Å². The van der Waals surface area contributed by atoms with Crippen molar-refractivity contribution in [3.63, 3.8) is 0 Å². The Labute approximate surface area is 196 Å². The van der Waals surface area contributed by atoms with Crippen LogP contribution in [0.5, 0.6) is 11.5 Å². The zero-order chi connectivity index (χ0) is 23.6. The number of rotatable bonds is 6. The quantitative estimate of drug-likeness (QED) is 0.551. The van der Waals surface area contributed by atoms with Crippen molar-refractivity contribution < 1.29 is 19.0 Å². The number of aromatic nitrogens is 3. The Balaban J connectivity index is 1.53. The van der Waals surface area contributed by atoms with E-state index in [0.29, 0.717) is 35.3 Å². The molecule has 4 rings (SSSR count). The highest BCUT2D eigenvalue weighted by molar-refractivity contribution is 7.16. The monoisotopic (exact) mass is 472 g/mol. The molecule has 1 amide bonds. The molecule has 0 bridgehead atoms. The number of nitrogens with one attached hydrogen (secondary N) is 2. The zero-order valence-corrected chi connectivity index (χ0v) is 20.2. The lowest BCUT2D eigenvalue weighted by Crippen LogP contribution is -2.40. The second kappa shape index (κ2) is 9.26. The van der Waals surface area contributed by atoms with Gasteiger partial charge in [0, 0.05) is 24.8 Å². The molecular formula is C22H28N6O4S. The van der Waals surface area contributed by atoms with Gasteiger partial charge in [0.15, 0.2) is 22.1 Å². The van der Waals surface area contributed by atoms with Crippen molar-refractivity contribution in [2.75, 3.05) is 37.5 Å². The molecule has 1 aliphatic rings. The molecule has 176 valence electrons. The van der Waals surface area contributed by atoms with Crippen LogP contribution in [0, 0.1) is 0 Å². The molecule has 3 heterocycles. The lowest BCUT2D eigenvalue weighted by molar-refractivity contribution is 0.0509. The van der Waals surface area contributed by atoms with Crippen LogP contribution in [0.25, 0.3) is 10.3 Å². The van der Waals surface area contributed by atoms with Gasteiger partial charge in [0.05, 0.1) is 25.8 Å². The average molecular weight is 473 g/mol. The standard InChI is InChI=1S/C22H28N6O4S/c1-22(2,3)32-21(29)25-14-8-9-28(11-14)20-26-18(17-19(27-20)33-12-23-17)24-13-6-7-15(30-4)16(10-13)31-5/h6-7,10,12,14H,8-9,11H2,1-5H3,(H,25,29)(H,24,26,27). The highest BCUT2D eigenvalue weighted by Crippen LogP contribution is 2.33. The van der Waals surface area contributed by atoms with Crippen LogP contribution >= 0.6 is 11.3 Å². The topological polar surface area (TPSA) is 111 Å². The second-order valence-corrected chi connectivity index (χ2v) is 9.48. The van der Waals surface area contributed by atoms with E-state index in [1.165, 1.54) is 11.3 Å². The van der Waals surface area contributed by atoms with Crippen molar-refractivity contribution in [1.82, 2.24) is 20.3 Å². The summed E-state index contributed by atoms with van der Waals surface area (Å²) in [4.78, 5) is 28.9. The first-order chi connectivity index (χ1) is 15.8. The number of benzene rings is 1. The van der Waals surface area contributed by atoms with Crippen LogP contribution in [-0.4, -0.2) is 60.0 Å². The number of hydrogen-bond acceptors (Lipinski definition) is 10. The Morgan fingerprint density at radius 3 is 2.70 bits per heavy atom. The Kier molecular flexibility index (Phi) is 6.41. The highest BCUT2D eigenvalue weighted by atomic mass is 32.1. The predicted molar refractivity (Wildman–Crippen MR) is 128 cm³/mol. The van der Waals surface area contributed by atoms with Crippen molar-refractivity contribution in [3.05, 3.63) is 23.7 Å². The molecule has 3 aromatic rings. The number of nitrogens with zero attached hydrogens (tertiary/aromatic N) is 4. The van der Waals surface area contributed by atoms with Gasteiger partial charge in [-0.2, -0.15) is 9.97 Å². The maximum absolute atomic E-state index is 12.1. The molecule has 0 radical (unpaired) electrons. The first kappa shape index (κ1) is 22.8. The maximum Gasteiger partial charge on any atom is 0.407 e. The van der Waals surface area contributed by atoms with Crippen LogP contribution in [0.4, 0.5) is 22.2 Å². The fraction of sp³-hybridized carbons (Fsp3) is 0.455. The minimum atomic E-state index is -0.534. The van der Waals surface area contributed by atoms with Crippen LogP contribution < -0.4 is 25.0 Å². The van der Waals surface area contributed by atoms with Crippen molar-refractivity contribution in [3.8, 4) is 11.5 Å². The fourth-order valence-electron chi connectivity index (χ4n) is 3.56. The smallest absolute Gasteiger partial charge is 0.407 e. The molecule has 0 spiro atoms. The first-order valence-electron chi connectivity index (χ1n) is 10.6. The Hall–Kier alpha value is -3.34. The van der Waals surface area contributed by atoms with E-state index >= 15 is 0 Å². The van der Waals surface area contributed by atoms with Gasteiger partial charge in [0.1, 0.15) is 11.1 Å². The van der Waals surface area contributed by atoms with E-state index in [1.807, 2.05) is 39.0 Å². The van der Waals surface area contributed by atoms with Crippen molar-refractivity contribution in [2.24, 2.45) is 0 Å². The molecule has 1 aliphatic heterocycles. The number of hydrogen-bond donors (Lipinski definition) is 2. The Morgan fingerprint density at radius 1 is 1.18 bits per heavy atom. The van der Waals surface area contributed by atoms with E-state index in [2.05, 4.69) is 20.5 Å². The summed E-state index contributed by atoms with van der Waals surface area (Å²) in [5.74, 6) is 2.45. The van der Waals surface area contributed by atoms with Gasteiger partial charge in [-0.3, -0.25) is 0 Å². The number of fused-ring (bicyclic) bond motifs is 1. The molecule has 1 aromatic carbocycles. The van der Waals surface area contributed by atoms with E-state index in [1.54, 1.807) is 19.7 Å². The maximum atomic E-state index is 12.1. The summed E-state index contributed by atoms with van der Waals surface area (Å²) in [6.45, 7) is 6.86. The largest absolute Gasteiger partial charge is 0.493 e. The molecule has 0 aliphatic carbocycles. The number of anilines is 3. The third kappa shape index (κ3) is 5.36. The molecule has 2 aromatic heterocycles. The van der Waals surface area contributed by atoms with Gasteiger partial charge in [-0.25, -0.2) is 9.78 Å². The van der Waals surface area contributed by atoms with Gasteiger partial charge < -0.3 is 29.7 Å². The number of methoxy groups -OCH3 is 2. The van der Waals surface area contributed by atoms with Crippen LogP contribution in [0.3, 0.4) is 0 Å². The second-order valence-electron chi connectivity index (χ2n) is 8.65. The molecule has 0 saturated carbocycles. The van der Waals surface area contributed by atoms with Crippen LogP contribution in [0.2, 0.25) is 0 Å². The lowest BCUT2D eigenvalue weighted by atomic mass is 10.2. The molecule has 10 nitrogen and oxygen atoms in total. The van der Waals surface area contributed by atoms with Gasteiger partial charge in [0.25, 0.3) is 0 Å². The molecular weight excluding hydrogens is 444 g/mol. The molecule has 11 heteroatoms. The van der Waals surface area contributed by atoms with Crippen molar-refractivity contribution in [1.29, 1.82) is 0 Å². The van der Waals surface area contributed by atoms with Crippen molar-refractivity contribution in [2.45, 2.75) is 38.8 Å². The first-order valence-corrected chi connectivity index (χ1v) is 11.5. The van der Waals surface area contributed by atoms with Gasteiger partial charge in [-0.05, 0) is 39.3 Å².